The standard InChI is InChI=1S/C25H34N4O3/c1-17-7-8-20-21(24(17)30)15-22(32-23(20)16-26)18-9-12-29(13-10-18)14-11-27-25(31)28-19-5-3-2-4-6-19/h2-8,18,22-23,30H,9-16,26H2,1H3,(H2,27,28,31)/t22-,23-/m0/s1. The van der Waals surface area contributed by atoms with Gasteiger partial charge in [-0.25, -0.2) is 4.79 Å². The van der Waals surface area contributed by atoms with Gasteiger partial charge in [0.1, 0.15) is 5.75 Å². The van der Waals surface area contributed by atoms with Crippen LogP contribution in [0.2, 0.25) is 0 Å². The van der Waals surface area contributed by atoms with E-state index in [-0.39, 0.29) is 18.2 Å². The summed E-state index contributed by atoms with van der Waals surface area (Å²) in [6, 6.07) is 13.2. The van der Waals surface area contributed by atoms with Gasteiger partial charge in [-0.3, -0.25) is 0 Å². The molecule has 7 heteroatoms. The van der Waals surface area contributed by atoms with E-state index < -0.39 is 0 Å². The predicted molar refractivity (Wildman–Crippen MR) is 126 cm³/mol. The predicted octanol–water partition coefficient (Wildman–Crippen LogP) is 3.18. The van der Waals surface area contributed by atoms with Crippen molar-refractivity contribution < 1.29 is 14.6 Å². The van der Waals surface area contributed by atoms with Crippen molar-refractivity contribution >= 4 is 11.7 Å². The van der Waals surface area contributed by atoms with Crippen LogP contribution in [0.15, 0.2) is 42.5 Å². The minimum atomic E-state index is -0.178. The molecule has 2 amide bonds. The van der Waals surface area contributed by atoms with E-state index >= 15 is 0 Å². The number of rotatable bonds is 6. The number of nitrogens with zero attached hydrogens (tertiary/aromatic N) is 1. The number of phenolic OH excluding ortho intramolecular Hbond substituents is 1. The third kappa shape index (κ3) is 5.23. The van der Waals surface area contributed by atoms with Gasteiger partial charge in [-0.15, -0.1) is 0 Å². The molecule has 0 radical (unpaired) electrons. The molecule has 2 aromatic carbocycles. The maximum atomic E-state index is 12.0. The molecule has 4 rings (SSSR count). The second kappa shape index (κ2) is 10.3. The number of hydrogen-bond donors (Lipinski definition) is 4. The summed E-state index contributed by atoms with van der Waals surface area (Å²) < 4.78 is 6.38. The first-order chi connectivity index (χ1) is 15.5. The summed E-state index contributed by atoms with van der Waals surface area (Å²) in [5, 5.41) is 16.4. The number of nitrogens with two attached hydrogens (primary N) is 1. The summed E-state index contributed by atoms with van der Waals surface area (Å²) in [5.74, 6) is 0.842. The lowest BCUT2D eigenvalue weighted by molar-refractivity contribution is -0.0645. The van der Waals surface area contributed by atoms with Crippen molar-refractivity contribution in [1.29, 1.82) is 0 Å². The number of benzene rings is 2. The second-order valence-corrected chi connectivity index (χ2v) is 8.83. The molecule has 2 atom stereocenters. The summed E-state index contributed by atoms with van der Waals surface area (Å²) in [5.41, 5.74) is 9.72. The number of carbonyl (C=O) groups excluding carboxylic acids is 1. The highest BCUT2D eigenvalue weighted by atomic mass is 16.5. The van der Waals surface area contributed by atoms with Crippen LogP contribution in [-0.4, -0.2) is 54.9 Å². The van der Waals surface area contributed by atoms with Crippen molar-refractivity contribution in [2.24, 2.45) is 11.7 Å². The van der Waals surface area contributed by atoms with Crippen LogP contribution < -0.4 is 16.4 Å². The van der Waals surface area contributed by atoms with Crippen LogP contribution in [-0.2, 0) is 11.2 Å². The van der Waals surface area contributed by atoms with E-state index in [9.17, 15) is 9.90 Å². The van der Waals surface area contributed by atoms with Gasteiger partial charge in [-0.05, 0) is 62.0 Å². The van der Waals surface area contributed by atoms with E-state index in [0.717, 1.165) is 61.3 Å². The van der Waals surface area contributed by atoms with Gasteiger partial charge in [0.05, 0.1) is 12.2 Å². The van der Waals surface area contributed by atoms with E-state index in [1.807, 2.05) is 49.4 Å². The van der Waals surface area contributed by atoms with E-state index in [1.54, 1.807) is 0 Å². The van der Waals surface area contributed by atoms with E-state index in [1.165, 1.54) is 0 Å². The SMILES string of the molecule is Cc1ccc2c(c1O)C[C@@H](C1CCN(CCNC(=O)Nc3ccccc3)CC1)O[C@H]2CN. The Morgan fingerprint density at radius 1 is 1.19 bits per heavy atom. The number of likely N-dealkylation sites (tertiary alicyclic amines) is 1. The number of fused-ring (bicyclic) bond motifs is 1. The molecular weight excluding hydrogens is 404 g/mol. The first-order valence-electron chi connectivity index (χ1n) is 11.5. The van der Waals surface area contributed by atoms with Gasteiger partial charge in [0.15, 0.2) is 0 Å². The minimum absolute atomic E-state index is 0.0840. The van der Waals surface area contributed by atoms with E-state index in [0.29, 0.717) is 24.8 Å². The van der Waals surface area contributed by atoms with Crippen molar-refractivity contribution in [2.75, 3.05) is 38.0 Å². The average molecular weight is 439 g/mol. The average Bonchev–Trinajstić information content (AvgIpc) is 2.82. The van der Waals surface area contributed by atoms with Gasteiger partial charge >= 0.3 is 6.03 Å². The number of piperidine rings is 1. The van der Waals surface area contributed by atoms with Gasteiger partial charge in [0.2, 0.25) is 0 Å². The molecule has 2 heterocycles. The Morgan fingerprint density at radius 3 is 2.66 bits per heavy atom. The fourth-order valence-electron chi connectivity index (χ4n) is 4.85. The first kappa shape index (κ1) is 22.6. The van der Waals surface area contributed by atoms with Crippen molar-refractivity contribution in [1.82, 2.24) is 10.2 Å². The number of urea groups is 1. The Hall–Kier alpha value is -2.61. The maximum absolute atomic E-state index is 12.0. The molecular formula is C25H34N4O3. The van der Waals surface area contributed by atoms with Crippen molar-refractivity contribution in [3.05, 3.63) is 59.2 Å². The number of hydrogen-bond acceptors (Lipinski definition) is 5. The lowest BCUT2D eigenvalue weighted by Gasteiger charge is -2.40. The molecule has 1 saturated heterocycles. The number of amides is 2. The number of ether oxygens (including phenoxy) is 1. The zero-order valence-corrected chi connectivity index (χ0v) is 18.7. The van der Waals surface area contributed by atoms with Gasteiger partial charge in [0, 0.05) is 37.3 Å². The Morgan fingerprint density at radius 2 is 1.94 bits per heavy atom. The summed E-state index contributed by atoms with van der Waals surface area (Å²) in [7, 11) is 0. The Labute approximate surface area is 189 Å². The van der Waals surface area contributed by atoms with Gasteiger partial charge in [-0.2, -0.15) is 0 Å². The molecule has 0 aromatic heterocycles. The van der Waals surface area contributed by atoms with Crippen molar-refractivity contribution in [3.63, 3.8) is 0 Å². The first-order valence-corrected chi connectivity index (χ1v) is 11.5. The van der Waals surface area contributed by atoms with E-state index in [2.05, 4.69) is 15.5 Å². The quantitative estimate of drug-likeness (QED) is 0.555. The Kier molecular flexibility index (Phi) is 7.29. The van der Waals surface area contributed by atoms with Crippen LogP contribution >= 0.6 is 0 Å². The smallest absolute Gasteiger partial charge is 0.319 e. The van der Waals surface area contributed by atoms with Crippen LogP contribution in [0.1, 0.15) is 35.6 Å². The fourth-order valence-corrected chi connectivity index (χ4v) is 4.85. The minimum Gasteiger partial charge on any atom is -0.507 e. The van der Waals surface area contributed by atoms with Crippen LogP contribution in [0.5, 0.6) is 5.75 Å². The summed E-state index contributed by atoms with van der Waals surface area (Å²) in [4.78, 5) is 14.4. The monoisotopic (exact) mass is 438 g/mol. The number of anilines is 1. The third-order valence-corrected chi connectivity index (χ3v) is 6.73. The molecule has 0 spiro atoms. The fraction of sp³-hybridized carbons (Fsp3) is 0.480. The molecule has 0 saturated carbocycles. The summed E-state index contributed by atoms with van der Waals surface area (Å²) in [6.07, 6.45) is 2.76. The summed E-state index contributed by atoms with van der Waals surface area (Å²) >= 11 is 0. The van der Waals surface area contributed by atoms with Crippen molar-refractivity contribution in [3.8, 4) is 5.75 Å². The molecule has 2 aromatic rings. The molecule has 172 valence electrons. The van der Waals surface area contributed by atoms with Gasteiger partial charge in [0.25, 0.3) is 0 Å². The molecule has 7 nitrogen and oxygen atoms in total. The molecule has 0 unspecified atom stereocenters. The number of aryl methyl sites for hydroxylation is 1. The number of nitrogens with one attached hydrogen (secondary N) is 2. The van der Waals surface area contributed by atoms with Crippen LogP contribution in [0.3, 0.4) is 0 Å². The molecule has 32 heavy (non-hydrogen) atoms. The third-order valence-electron chi connectivity index (χ3n) is 6.73. The van der Waals surface area contributed by atoms with Gasteiger partial charge < -0.3 is 31.1 Å². The highest BCUT2D eigenvalue weighted by Crippen LogP contribution is 2.40. The molecule has 0 bridgehead atoms. The number of phenols is 1. The second-order valence-electron chi connectivity index (χ2n) is 8.83. The van der Waals surface area contributed by atoms with Crippen LogP contribution in [0, 0.1) is 12.8 Å². The van der Waals surface area contributed by atoms with Crippen molar-refractivity contribution in [2.45, 2.75) is 38.4 Å². The highest BCUT2D eigenvalue weighted by molar-refractivity contribution is 5.89. The topological polar surface area (TPSA) is 99.8 Å². The molecule has 5 N–H and O–H groups in total. The normalized spacial score (nSPS) is 21.7. The number of aromatic hydroxyl groups is 1. The lowest BCUT2D eigenvalue weighted by atomic mass is 9.83. The molecule has 2 aliphatic heterocycles. The van der Waals surface area contributed by atoms with Crippen LogP contribution in [0.25, 0.3) is 0 Å². The van der Waals surface area contributed by atoms with Gasteiger partial charge in [-0.1, -0.05) is 30.3 Å². The molecule has 0 aliphatic carbocycles. The number of carbonyl (C=O) groups is 1. The summed E-state index contributed by atoms with van der Waals surface area (Å²) in [6.45, 7) is 5.75. The maximum Gasteiger partial charge on any atom is 0.319 e. The molecule has 2 aliphatic rings. The molecule has 1 fully saturated rings. The zero-order chi connectivity index (χ0) is 22.5. The highest BCUT2D eigenvalue weighted by Gasteiger charge is 2.35. The van der Waals surface area contributed by atoms with E-state index in [4.69, 9.17) is 10.5 Å². The number of para-hydroxylation sites is 1. The largest absolute Gasteiger partial charge is 0.507 e. The lowest BCUT2D eigenvalue weighted by Crippen LogP contribution is -2.44. The Bertz CT molecular complexity index is 913. The van der Waals surface area contributed by atoms with Crippen LogP contribution in [0.4, 0.5) is 10.5 Å². The zero-order valence-electron chi connectivity index (χ0n) is 18.7. The Balaban J connectivity index is 1.24.